The van der Waals surface area contributed by atoms with Crippen molar-refractivity contribution in [2.75, 3.05) is 38.5 Å². The van der Waals surface area contributed by atoms with Gasteiger partial charge < -0.3 is 15.1 Å². The normalized spacial score (nSPS) is 10.8. The lowest BCUT2D eigenvalue weighted by Crippen LogP contribution is -2.40. The van der Waals surface area contributed by atoms with Crippen LogP contribution in [-0.2, 0) is 16.0 Å². The third kappa shape index (κ3) is 10.0. The Morgan fingerprint density at radius 2 is 1.59 bits per heavy atom. The highest BCUT2D eigenvalue weighted by Gasteiger charge is 2.18. The van der Waals surface area contributed by atoms with Gasteiger partial charge >= 0.3 is 0 Å². The highest BCUT2D eigenvalue weighted by molar-refractivity contribution is 6.35. The van der Waals surface area contributed by atoms with E-state index >= 15 is 0 Å². The third-order valence-electron chi connectivity index (χ3n) is 6.33. The van der Waals surface area contributed by atoms with Crippen molar-refractivity contribution in [3.05, 3.63) is 87.9 Å². The molecule has 3 rings (SSSR count). The molecule has 0 aliphatic carbocycles. The number of rotatable bonds is 13. The molecule has 0 atom stereocenters. The number of unbranched alkanes of at least 4 members (excludes halogenated alkanes) is 1. The molecular weight excluding hydrogens is 531 g/mol. The molecule has 0 heterocycles. The van der Waals surface area contributed by atoms with Gasteiger partial charge in [0, 0.05) is 22.3 Å². The van der Waals surface area contributed by atoms with Crippen molar-refractivity contribution >= 4 is 40.7 Å². The molecule has 0 saturated heterocycles. The van der Waals surface area contributed by atoms with Gasteiger partial charge in [-0.15, -0.1) is 0 Å². The van der Waals surface area contributed by atoms with Gasteiger partial charge in [-0.3, -0.25) is 9.59 Å². The van der Waals surface area contributed by atoms with Crippen LogP contribution in [0.4, 0.5) is 5.69 Å². The van der Waals surface area contributed by atoms with Gasteiger partial charge in [-0.25, -0.2) is 0 Å². The van der Waals surface area contributed by atoms with Crippen LogP contribution in [0.2, 0.25) is 10.0 Å². The van der Waals surface area contributed by atoms with Crippen LogP contribution >= 0.6 is 23.2 Å². The van der Waals surface area contributed by atoms with E-state index in [-0.39, 0.29) is 24.8 Å². The summed E-state index contributed by atoms with van der Waals surface area (Å²) in [6, 6.07) is 22.1. The van der Waals surface area contributed by atoms with Crippen LogP contribution in [0, 0.1) is 11.3 Å². The molecule has 204 valence electrons. The number of carbonyl (C=O) groups excluding carboxylic acids is 2. The molecule has 8 heteroatoms. The number of nitrogens with one attached hydrogen (secondary N) is 1. The first-order valence-electron chi connectivity index (χ1n) is 13.1. The van der Waals surface area contributed by atoms with E-state index in [1.54, 1.807) is 29.2 Å². The second-order valence-corrected chi connectivity index (χ2v) is 10.5. The molecule has 3 aromatic rings. The Kier molecular flexibility index (Phi) is 11.8. The molecule has 6 nitrogen and oxygen atoms in total. The molecule has 0 saturated carbocycles. The first-order chi connectivity index (χ1) is 18.8. The first kappa shape index (κ1) is 30.2. The number of halogens is 2. The SMILES string of the molecule is CCCCN(C)CCCN(CC(=O)Nc1cc(Cl)cc(Cl)c1)C(=O)Cc1ccc(-c2cccc(C#N)c2)cc1. The van der Waals surface area contributed by atoms with Gasteiger partial charge in [-0.05, 0) is 80.0 Å². The highest BCUT2D eigenvalue weighted by Crippen LogP contribution is 2.23. The predicted octanol–water partition coefficient (Wildman–Crippen LogP) is 6.66. The van der Waals surface area contributed by atoms with E-state index in [1.165, 1.54) is 0 Å². The molecule has 0 radical (unpaired) electrons. The molecule has 0 unspecified atom stereocenters. The molecule has 0 fully saturated rings. The molecule has 0 spiro atoms. The lowest BCUT2D eigenvalue weighted by molar-refractivity contribution is -0.134. The standard InChI is InChI=1S/C31H34Cl2N4O2/c1-3-4-13-36(2)14-6-15-37(22-30(38)35-29-19-27(32)18-28(33)20-29)31(39)17-23-9-11-25(12-10-23)26-8-5-7-24(16-26)21-34/h5,7-12,16,18-20H,3-4,6,13-15,17,22H2,1-2H3,(H,35,38). The minimum absolute atomic E-state index is 0.0688. The van der Waals surface area contributed by atoms with Crippen LogP contribution in [0.5, 0.6) is 0 Å². The molecule has 0 bridgehead atoms. The summed E-state index contributed by atoms with van der Waals surface area (Å²) in [5.41, 5.74) is 3.85. The van der Waals surface area contributed by atoms with Gasteiger partial charge in [0.2, 0.25) is 11.8 Å². The zero-order valence-electron chi connectivity index (χ0n) is 22.4. The maximum absolute atomic E-state index is 13.3. The van der Waals surface area contributed by atoms with Crippen LogP contribution < -0.4 is 5.32 Å². The average Bonchev–Trinajstić information content (AvgIpc) is 2.91. The fraction of sp³-hybridized carbons (Fsp3) is 0.323. The second-order valence-electron chi connectivity index (χ2n) is 9.60. The second kappa shape index (κ2) is 15.3. The molecule has 0 aliphatic heterocycles. The number of amides is 2. The Hall–Kier alpha value is -3.37. The first-order valence-corrected chi connectivity index (χ1v) is 13.8. The van der Waals surface area contributed by atoms with Crippen LogP contribution in [0.15, 0.2) is 66.7 Å². The van der Waals surface area contributed by atoms with E-state index in [0.29, 0.717) is 27.8 Å². The lowest BCUT2D eigenvalue weighted by Gasteiger charge is -2.24. The van der Waals surface area contributed by atoms with E-state index in [9.17, 15) is 9.59 Å². The molecule has 2 amide bonds. The molecule has 0 aliphatic rings. The van der Waals surface area contributed by atoms with Crippen molar-refractivity contribution in [2.45, 2.75) is 32.6 Å². The molecule has 3 aromatic carbocycles. The van der Waals surface area contributed by atoms with Crippen molar-refractivity contribution in [1.29, 1.82) is 5.26 Å². The minimum Gasteiger partial charge on any atom is -0.333 e. The topological polar surface area (TPSA) is 76.4 Å². The molecule has 1 N–H and O–H groups in total. The lowest BCUT2D eigenvalue weighted by atomic mass is 10.0. The summed E-state index contributed by atoms with van der Waals surface area (Å²) in [4.78, 5) is 30.1. The smallest absolute Gasteiger partial charge is 0.243 e. The van der Waals surface area contributed by atoms with E-state index in [4.69, 9.17) is 28.5 Å². The Morgan fingerprint density at radius 3 is 2.26 bits per heavy atom. The number of hydrogen-bond donors (Lipinski definition) is 1. The average molecular weight is 566 g/mol. The summed E-state index contributed by atoms with van der Waals surface area (Å²) in [7, 11) is 2.07. The largest absolute Gasteiger partial charge is 0.333 e. The summed E-state index contributed by atoms with van der Waals surface area (Å²) < 4.78 is 0. The molecule has 39 heavy (non-hydrogen) atoms. The van der Waals surface area contributed by atoms with Gasteiger partial charge in [-0.1, -0.05) is 72.9 Å². The van der Waals surface area contributed by atoms with Crippen molar-refractivity contribution < 1.29 is 9.59 Å². The van der Waals surface area contributed by atoms with Gasteiger partial charge in [0.1, 0.15) is 0 Å². The van der Waals surface area contributed by atoms with Crippen LogP contribution in [0.3, 0.4) is 0 Å². The fourth-order valence-corrected chi connectivity index (χ4v) is 4.76. The van der Waals surface area contributed by atoms with Crippen molar-refractivity contribution in [2.24, 2.45) is 0 Å². The zero-order valence-corrected chi connectivity index (χ0v) is 23.9. The third-order valence-corrected chi connectivity index (χ3v) is 6.77. The van der Waals surface area contributed by atoms with E-state index < -0.39 is 0 Å². The van der Waals surface area contributed by atoms with Crippen molar-refractivity contribution in [3.63, 3.8) is 0 Å². The van der Waals surface area contributed by atoms with E-state index in [2.05, 4.69) is 30.3 Å². The van der Waals surface area contributed by atoms with Gasteiger partial charge in [-0.2, -0.15) is 5.26 Å². The van der Waals surface area contributed by atoms with Gasteiger partial charge in [0.25, 0.3) is 0 Å². The Bertz CT molecular complexity index is 1280. The van der Waals surface area contributed by atoms with Crippen LogP contribution in [0.25, 0.3) is 11.1 Å². The quantitative estimate of drug-likeness (QED) is 0.251. The number of nitrogens with zero attached hydrogens (tertiary/aromatic N) is 3. The fourth-order valence-electron chi connectivity index (χ4n) is 4.23. The van der Waals surface area contributed by atoms with E-state index in [1.807, 2.05) is 42.5 Å². The van der Waals surface area contributed by atoms with Crippen molar-refractivity contribution in [3.8, 4) is 17.2 Å². The number of benzene rings is 3. The maximum atomic E-state index is 13.3. The van der Waals surface area contributed by atoms with Crippen LogP contribution in [-0.4, -0.2) is 54.8 Å². The summed E-state index contributed by atoms with van der Waals surface area (Å²) in [6.45, 7) is 4.41. The Balaban J connectivity index is 1.67. The molecule has 0 aromatic heterocycles. The van der Waals surface area contributed by atoms with Crippen LogP contribution in [0.1, 0.15) is 37.3 Å². The Labute approximate surface area is 241 Å². The summed E-state index contributed by atoms with van der Waals surface area (Å²) in [5.74, 6) is -0.432. The molecular formula is C31H34Cl2N4O2. The number of carbonyl (C=O) groups is 2. The summed E-state index contributed by atoms with van der Waals surface area (Å²) in [6.07, 6.45) is 3.20. The van der Waals surface area contributed by atoms with Gasteiger partial charge in [0.15, 0.2) is 0 Å². The number of nitriles is 1. The number of anilines is 1. The van der Waals surface area contributed by atoms with Gasteiger partial charge in [0.05, 0.1) is 24.6 Å². The number of hydrogen-bond acceptors (Lipinski definition) is 4. The summed E-state index contributed by atoms with van der Waals surface area (Å²) >= 11 is 12.1. The zero-order chi connectivity index (χ0) is 28.2. The van der Waals surface area contributed by atoms with E-state index in [0.717, 1.165) is 49.0 Å². The predicted molar refractivity (Wildman–Crippen MR) is 159 cm³/mol. The van der Waals surface area contributed by atoms with Crippen molar-refractivity contribution in [1.82, 2.24) is 9.80 Å². The summed E-state index contributed by atoms with van der Waals surface area (Å²) in [5, 5.41) is 12.8. The monoisotopic (exact) mass is 564 g/mol. The maximum Gasteiger partial charge on any atom is 0.243 e. The highest BCUT2D eigenvalue weighted by atomic mass is 35.5. The minimum atomic E-state index is -0.311. The Morgan fingerprint density at radius 1 is 0.897 bits per heavy atom.